The quantitative estimate of drug-likeness (QED) is 0.856. The average Bonchev–Trinajstić information content (AvgIpc) is 2.75. The lowest BCUT2D eigenvalue weighted by Crippen LogP contribution is -2.37. The number of rotatable bonds is 3. The van der Waals surface area contributed by atoms with E-state index in [-0.39, 0.29) is 30.3 Å². The van der Waals surface area contributed by atoms with Gasteiger partial charge in [-0.15, -0.1) is 0 Å². The van der Waals surface area contributed by atoms with Crippen LogP contribution in [0.2, 0.25) is 0 Å². The lowest BCUT2D eigenvalue weighted by Gasteiger charge is -2.25. The van der Waals surface area contributed by atoms with Crippen LogP contribution in [0, 0.1) is 11.8 Å². The van der Waals surface area contributed by atoms with Crippen LogP contribution in [0.5, 0.6) is 0 Å². The Labute approximate surface area is 118 Å². The molecule has 3 unspecified atom stereocenters. The van der Waals surface area contributed by atoms with Crippen molar-refractivity contribution in [2.24, 2.45) is 11.8 Å². The maximum atomic E-state index is 12.5. The van der Waals surface area contributed by atoms with Crippen LogP contribution >= 0.6 is 0 Å². The molecule has 2 aliphatic rings. The topological polar surface area (TPSA) is 57.6 Å². The number of imide groups is 1. The van der Waals surface area contributed by atoms with E-state index in [1.54, 1.807) is 0 Å². The molecule has 1 saturated carbocycles. The van der Waals surface area contributed by atoms with Crippen LogP contribution in [0.3, 0.4) is 0 Å². The molecule has 1 aliphatic carbocycles. The number of aliphatic hydroxyl groups excluding tert-OH is 1. The Bertz CT molecular complexity index is 490. The molecule has 106 valence electrons. The van der Waals surface area contributed by atoms with Gasteiger partial charge in [-0.3, -0.25) is 14.5 Å². The standard InChI is InChI=1S/C16H19NO3/c18-10-14(11-6-2-1-3-7-11)17-15(19)12-8-4-5-9-13(12)16(17)20/h1-3,6-7,12-14,18H,4-5,8-10H2. The molecule has 2 amide bonds. The van der Waals surface area contributed by atoms with Crippen molar-refractivity contribution >= 4 is 11.8 Å². The Morgan fingerprint density at radius 2 is 1.60 bits per heavy atom. The van der Waals surface area contributed by atoms with Crippen molar-refractivity contribution in [3.63, 3.8) is 0 Å². The third-order valence-corrected chi connectivity index (χ3v) is 4.54. The van der Waals surface area contributed by atoms with Crippen molar-refractivity contribution < 1.29 is 14.7 Å². The highest BCUT2D eigenvalue weighted by Crippen LogP contribution is 2.41. The van der Waals surface area contributed by atoms with Gasteiger partial charge < -0.3 is 5.11 Å². The average molecular weight is 273 g/mol. The first-order valence-electron chi connectivity index (χ1n) is 7.26. The fourth-order valence-electron chi connectivity index (χ4n) is 3.51. The molecule has 1 aliphatic heterocycles. The third kappa shape index (κ3) is 2.04. The minimum atomic E-state index is -0.540. The second kappa shape index (κ2) is 5.37. The Kier molecular flexibility index (Phi) is 3.57. The molecule has 0 spiro atoms. The molecule has 0 radical (unpaired) electrons. The summed E-state index contributed by atoms with van der Waals surface area (Å²) in [4.78, 5) is 26.4. The molecule has 0 bridgehead atoms. The maximum absolute atomic E-state index is 12.5. The molecule has 20 heavy (non-hydrogen) atoms. The number of hydrogen-bond donors (Lipinski definition) is 1. The molecule has 1 saturated heterocycles. The number of fused-ring (bicyclic) bond motifs is 1. The van der Waals surface area contributed by atoms with Gasteiger partial charge >= 0.3 is 0 Å². The van der Waals surface area contributed by atoms with Gasteiger partial charge in [0.2, 0.25) is 11.8 Å². The summed E-state index contributed by atoms with van der Waals surface area (Å²) in [5.41, 5.74) is 0.815. The molecule has 4 heteroatoms. The maximum Gasteiger partial charge on any atom is 0.233 e. The highest BCUT2D eigenvalue weighted by Gasteiger charge is 2.50. The van der Waals surface area contributed by atoms with Crippen LogP contribution in [0.25, 0.3) is 0 Å². The van der Waals surface area contributed by atoms with Crippen molar-refractivity contribution in [2.75, 3.05) is 6.61 Å². The van der Waals surface area contributed by atoms with Crippen molar-refractivity contribution in [3.8, 4) is 0 Å². The number of hydrogen-bond acceptors (Lipinski definition) is 3. The molecule has 2 fully saturated rings. The van der Waals surface area contributed by atoms with Crippen LogP contribution in [0.15, 0.2) is 30.3 Å². The minimum absolute atomic E-state index is 0.0948. The SMILES string of the molecule is O=C1C2CCCCC2C(=O)N1C(CO)c1ccccc1. The molecule has 3 rings (SSSR count). The van der Waals surface area contributed by atoms with Gasteiger partial charge in [-0.25, -0.2) is 0 Å². The second-order valence-corrected chi connectivity index (χ2v) is 5.65. The van der Waals surface area contributed by atoms with E-state index in [2.05, 4.69) is 0 Å². The van der Waals surface area contributed by atoms with E-state index in [9.17, 15) is 14.7 Å². The predicted molar refractivity (Wildman–Crippen MR) is 73.6 cm³/mol. The molecule has 3 atom stereocenters. The van der Waals surface area contributed by atoms with Crippen LogP contribution in [0.1, 0.15) is 37.3 Å². The molecular weight excluding hydrogens is 254 g/mol. The third-order valence-electron chi connectivity index (χ3n) is 4.54. The van der Waals surface area contributed by atoms with Gasteiger partial charge in [0.1, 0.15) is 0 Å². The number of likely N-dealkylation sites (tertiary alicyclic amines) is 1. The molecule has 4 nitrogen and oxygen atoms in total. The fourth-order valence-corrected chi connectivity index (χ4v) is 3.51. The Morgan fingerprint density at radius 1 is 1.05 bits per heavy atom. The van der Waals surface area contributed by atoms with E-state index in [4.69, 9.17) is 0 Å². The second-order valence-electron chi connectivity index (χ2n) is 5.65. The van der Waals surface area contributed by atoms with Crippen LogP contribution < -0.4 is 0 Å². The number of carbonyl (C=O) groups is 2. The zero-order valence-electron chi connectivity index (χ0n) is 11.4. The van der Waals surface area contributed by atoms with Gasteiger partial charge in [0.05, 0.1) is 24.5 Å². The summed E-state index contributed by atoms with van der Waals surface area (Å²) in [5, 5.41) is 9.66. The Morgan fingerprint density at radius 3 is 2.10 bits per heavy atom. The van der Waals surface area contributed by atoms with Gasteiger partial charge in [0, 0.05) is 0 Å². The first-order valence-corrected chi connectivity index (χ1v) is 7.26. The van der Waals surface area contributed by atoms with E-state index >= 15 is 0 Å². The van der Waals surface area contributed by atoms with E-state index in [0.29, 0.717) is 0 Å². The highest BCUT2D eigenvalue weighted by molar-refractivity contribution is 6.05. The highest BCUT2D eigenvalue weighted by atomic mass is 16.3. The number of carbonyl (C=O) groups excluding carboxylic acids is 2. The summed E-state index contributed by atoms with van der Waals surface area (Å²) in [6.07, 6.45) is 3.64. The first-order chi connectivity index (χ1) is 9.74. The van der Waals surface area contributed by atoms with Gasteiger partial charge in [0.15, 0.2) is 0 Å². The summed E-state index contributed by atoms with van der Waals surface area (Å²) in [6, 6.07) is 8.76. The van der Waals surface area contributed by atoms with E-state index in [1.807, 2.05) is 30.3 Å². The molecule has 0 aromatic heterocycles. The molecule has 1 aromatic rings. The van der Waals surface area contributed by atoms with Crippen LogP contribution in [-0.2, 0) is 9.59 Å². The van der Waals surface area contributed by atoms with Crippen molar-refractivity contribution in [1.82, 2.24) is 4.90 Å². The van der Waals surface area contributed by atoms with Crippen LogP contribution in [-0.4, -0.2) is 28.4 Å². The summed E-state index contributed by atoms with van der Waals surface area (Å²) in [5.74, 6) is -0.506. The van der Waals surface area contributed by atoms with Crippen molar-refractivity contribution in [1.29, 1.82) is 0 Å². The van der Waals surface area contributed by atoms with E-state index < -0.39 is 6.04 Å². The largest absolute Gasteiger partial charge is 0.394 e. The number of benzene rings is 1. The zero-order valence-corrected chi connectivity index (χ0v) is 11.4. The number of nitrogens with zero attached hydrogens (tertiary/aromatic N) is 1. The monoisotopic (exact) mass is 273 g/mol. The summed E-state index contributed by atoms with van der Waals surface area (Å²) in [6.45, 7) is -0.221. The molecule has 1 aromatic carbocycles. The zero-order chi connectivity index (χ0) is 14.1. The Balaban J connectivity index is 1.92. The first kappa shape index (κ1) is 13.3. The predicted octanol–water partition coefficient (Wildman–Crippen LogP) is 1.90. The van der Waals surface area contributed by atoms with Gasteiger partial charge in [-0.1, -0.05) is 43.2 Å². The smallest absolute Gasteiger partial charge is 0.233 e. The molecule has 1 heterocycles. The van der Waals surface area contributed by atoms with Crippen molar-refractivity contribution in [3.05, 3.63) is 35.9 Å². The fraction of sp³-hybridized carbons (Fsp3) is 0.500. The summed E-state index contributed by atoms with van der Waals surface area (Å²) >= 11 is 0. The lowest BCUT2D eigenvalue weighted by atomic mass is 9.81. The minimum Gasteiger partial charge on any atom is -0.394 e. The Hall–Kier alpha value is -1.68. The van der Waals surface area contributed by atoms with Crippen molar-refractivity contribution in [2.45, 2.75) is 31.7 Å². The normalized spacial score (nSPS) is 27.6. The molecule has 1 N–H and O–H groups in total. The van der Waals surface area contributed by atoms with Gasteiger partial charge in [-0.2, -0.15) is 0 Å². The number of amides is 2. The van der Waals surface area contributed by atoms with E-state index in [1.165, 1.54) is 4.90 Å². The summed E-state index contributed by atoms with van der Waals surface area (Å²) in [7, 11) is 0. The lowest BCUT2D eigenvalue weighted by molar-refractivity contribution is -0.144. The summed E-state index contributed by atoms with van der Waals surface area (Å²) < 4.78 is 0. The van der Waals surface area contributed by atoms with Gasteiger partial charge in [0.25, 0.3) is 0 Å². The van der Waals surface area contributed by atoms with E-state index in [0.717, 1.165) is 31.2 Å². The number of aliphatic hydroxyl groups is 1. The molecular formula is C16H19NO3. The van der Waals surface area contributed by atoms with Crippen LogP contribution in [0.4, 0.5) is 0 Å². The van der Waals surface area contributed by atoms with Gasteiger partial charge in [-0.05, 0) is 18.4 Å².